The van der Waals surface area contributed by atoms with Crippen LogP contribution in [0.15, 0.2) is 82.3 Å². The number of nitrogens with zero attached hydrogens (tertiary/aromatic N) is 2. The Bertz CT molecular complexity index is 1600. The minimum atomic E-state index is -0.609. The van der Waals surface area contributed by atoms with E-state index in [1.165, 1.54) is 0 Å². The van der Waals surface area contributed by atoms with Crippen molar-refractivity contribution in [2.75, 3.05) is 0 Å². The Hall–Kier alpha value is -4.67. The molecule has 0 fully saturated rings. The lowest BCUT2D eigenvalue weighted by Crippen LogP contribution is -2.22. The van der Waals surface area contributed by atoms with Crippen molar-refractivity contribution in [3.63, 3.8) is 0 Å². The number of hydrazone groups is 1. The molecule has 1 aromatic heterocycles. The van der Waals surface area contributed by atoms with Crippen molar-refractivity contribution < 1.29 is 18.7 Å². The lowest BCUT2D eigenvalue weighted by atomic mass is 9.93. The zero-order valence-electron chi connectivity index (χ0n) is 20.5. The summed E-state index contributed by atoms with van der Waals surface area (Å²) in [6.45, 7) is 1.78. The second-order valence-electron chi connectivity index (χ2n) is 8.79. The van der Waals surface area contributed by atoms with Crippen LogP contribution < -0.4 is 10.2 Å². The molecule has 5 rings (SSSR count). The third kappa shape index (κ3) is 5.08. The zero-order chi connectivity index (χ0) is 26.6. The standard InChI is InChI=1S/C30H22ClN3O4/c1-18-27-25(33-34-29(35)23-5-2-3-6-24(23)31)7-4-8-26(27)38-28(18)30(36)37-22-15-13-21(14-16-22)20-11-9-19(17-32)10-12-20/h2-3,5-6,9-16H,4,7-8H2,1H3,(H,34,35)/b33-25+. The maximum atomic E-state index is 13.0. The molecule has 0 aliphatic heterocycles. The topological polar surface area (TPSA) is 105 Å². The summed E-state index contributed by atoms with van der Waals surface area (Å²) in [5.74, 6) is 0.103. The smallest absolute Gasteiger partial charge is 0.379 e. The molecule has 0 saturated carbocycles. The first-order valence-electron chi connectivity index (χ1n) is 12.0. The first kappa shape index (κ1) is 25.0. The molecule has 1 amide bonds. The highest BCUT2D eigenvalue weighted by Crippen LogP contribution is 2.31. The summed E-state index contributed by atoms with van der Waals surface area (Å²) in [6, 6.07) is 23.2. The van der Waals surface area contributed by atoms with E-state index in [0.717, 1.165) is 23.1 Å². The highest BCUT2D eigenvalue weighted by molar-refractivity contribution is 6.33. The van der Waals surface area contributed by atoms with E-state index in [4.69, 9.17) is 26.0 Å². The van der Waals surface area contributed by atoms with Gasteiger partial charge in [0.15, 0.2) is 0 Å². The number of nitriles is 1. The summed E-state index contributed by atoms with van der Waals surface area (Å²) in [5, 5.41) is 13.6. The van der Waals surface area contributed by atoms with Crippen LogP contribution >= 0.6 is 11.6 Å². The van der Waals surface area contributed by atoms with Gasteiger partial charge in [0.05, 0.1) is 27.9 Å². The van der Waals surface area contributed by atoms with Crippen molar-refractivity contribution in [3.05, 3.63) is 112 Å². The average Bonchev–Trinajstić information content (AvgIpc) is 3.29. The number of benzene rings is 3. The third-order valence-corrected chi connectivity index (χ3v) is 6.66. The molecule has 0 spiro atoms. The number of carbonyl (C=O) groups is 2. The van der Waals surface area contributed by atoms with Gasteiger partial charge < -0.3 is 9.15 Å². The molecule has 38 heavy (non-hydrogen) atoms. The SMILES string of the molecule is Cc1c(C(=O)Oc2ccc(-c3ccc(C#N)cc3)cc2)oc2c1/C(=N/NC(=O)c1ccccc1Cl)CCC2. The van der Waals surface area contributed by atoms with Gasteiger partial charge in [0.25, 0.3) is 5.91 Å². The Morgan fingerprint density at radius 2 is 1.68 bits per heavy atom. The average molecular weight is 524 g/mol. The number of nitrogens with one attached hydrogen (secondary N) is 1. The van der Waals surface area contributed by atoms with E-state index >= 15 is 0 Å². The number of fused-ring (bicyclic) bond motifs is 1. The van der Waals surface area contributed by atoms with E-state index in [-0.39, 0.29) is 5.76 Å². The molecule has 1 heterocycles. The highest BCUT2D eigenvalue weighted by atomic mass is 35.5. The number of hydrogen-bond acceptors (Lipinski definition) is 6. The van der Waals surface area contributed by atoms with Crippen LogP contribution in [0.25, 0.3) is 11.1 Å². The van der Waals surface area contributed by atoms with Crippen molar-refractivity contribution in [3.8, 4) is 22.9 Å². The van der Waals surface area contributed by atoms with E-state index in [9.17, 15) is 9.59 Å². The molecule has 7 nitrogen and oxygen atoms in total. The molecule has 4 aromatic rings. The van der Waals surface area contributed by atoms with Crippen molar-refractivity contribution in [2.45, 2.75) is 26.2 Å². The molecule has 1 N–H and O–H groups in total. The van der Waals surface area contributed by atoms with Crippen LogP contribution in [0.2, 0.25) is 5.02 Å². The summed E-state index contributed by atoms with van der Waals surface area (Å²) >= 11 is 6.12. The van der Waals surface area contributed by atoms with Gasteiger partial charge in [-0.2, -0.15) is 10.4 Å². The maximum Gasteiger partial charge on any atom is 0.379 e. The lowest BCUT2D eigenvalue weighted by Gasteiger charge is -2.13. The summed E-state index contributed by atoms with van der Waals surface area (Å²) in [4.78, 5) is 25.6. The second kappa shape index (κ2) is 10.8. The van der Waals surface area contributed by atoms with E-state index in [1.54, 1.807) is 55.5 Å². The van der Waals surface area contributed by atoms with Crippen LogP contribution in [0.5, 0.6) is 5.75 Å². The first-order chi connectivity index (χ1) is 18.4. The molecule has 0 radical (unpaired) electrons. The van der Waals surface area contributed by atoms with E-state index < -0.39 is 11.9 Å². The van der Waals surface area contributed by atoms with Gasteiger partial charge in [0.2, 0.25) is 5.76 Å². The molecule has 1 aliphatic carbocycles. The van der Waals surface area contributed by atoms with Crippen molar-refractivity contribution in [1.29, 1.82) is 5.26 Å². The van der Waals surface area contributed by atoms with Crippen LogP contribution in [0.1, 0.15) is 56.2 Å². The third-order valence-electron chi connectivity index (χ3n) is 6.33. The minimum absolute atomic E-state index is 0.109. The fourth-order valence-corrected chi connectivity index (χ4v) is 4.63. The van der Waals surface area contributed by atoms with Crippen molar-refractivity contribution >= 4 is 29.2 Å². The fraction of sp³-hybridized carbons (Fsp3) is 0.133. The Morgan fingerprint density at radius 3 is 2.37 bits per heavy atom. The second-order valence-corrected chi connectivity index (χ2v) is 9.20. The monoisotopic (exact) mass is 523 g/mol. The number of halogens is 1. The van der Waals surface area contributed by atoms with Gasteiger partial charge in [-0.05, 0) is 67.3 Å². The molecule has 3 aromatic carbocycles. The number of ether oxygens (including phenoxy) is 1. The zero-order valence-corrected chi connectivity index (χ0v) is 21.2. The van der Waals surface area contributed by atoms with Crippen LogP contribution in [0.4, 0.5) is 0 Å². The minimum Gasteiger partial charge on any atom is -0.453 e. The number of furan rings is 1. The summed E-state index contributed by atoms with van der Waals surface area (Å²) in [5.41, 5.74) is 7.34. The van der Waals surface area contributed by atoms with E-state index in [2.05, 4.69) is 16.6 Å². The van der Waals surface area contributed by atoms with Gasteiger partial charge in [0, 0.05) is 17.5 Å². The lowest BCUT2D eigenvalue weighted by molar-refractivity contribution is 0.0698. The summed E-state index contributed by atoms with van der Waals surface area (Å²) in [7, 11) is 0. The number of aryl methyl sites for hydroxylation is 1. The van der Waals surface area contributed by atoms with Gasteiger partial charge in [-0.1, -0.05) is 48.0 Å². The Morgan fingerprint density at radius 1 is 1.00 bits per heavy atom. The molecule has 0 bridgehead atoms. The van der Waals surface area contributed by atoms with Gasteiger partial charge in [-0.25, -0.2) is 10.2 Å². The molecule has 8 heteroatoms. The van der Waals surface area contributed by atoms with Crippen LogP contribution in [0.3, 0.4) is 0 Å². The van der Waals surface area contributed by atoms with Gasteiger partial charge >= 0.3 is 5.97 Å². The predicted octanol–water partition coefficient (Wildman–Crippen LogP) is 6.47. The predicted molar refractivity (Wildman–Crippen MR) is 143 cm³/mol. The van der Waals surface area contributed by atoms with Gasteiger partial charge in [-0.3, -0.25) is 4.79 Å². The number of hydrogen-bond donors (Lipinski definition) is 1. The van der Waals surface area contributed by atoms with E-state index in [1.807, 2.05) is 24.3 Å². The first-order valence-corrected chi connectivity index (χ1v) is 12.4. The normalized spacial score (nSPS) is 13.4. The summed E-state index contributed by atoms with van der Waals surface area (Å²) in [6.07, 6.45) is 2.05. The quantitative estimate of drug-likeness (QED) is 0.183. The largest absolute Gasteiger partial charge is 0.453 e. The van der Waals surface area contributed by atoms with Crippen molar-refractivity contribution in [2.24, 2.45) is 5.10 Å². The van der Waals surface area contributed by atoms with Gasteiger partial charge in [0.1, 0.15) is 11.5 Å². The van der Waals surface area contributed by atoms with Crippen LogP contribution in [-0.4, -0.2) is 17.6 Å². The van der Waals surface area contributed by atoms with Crippen LogP contribution in [0, 0.1) is 18.3 Å². The Kier molecular flexibility index (Phi) is 7.07. The number of esters is 1. The molecule has 1 aliphatic rings. The van der Waals surface area contributed by atoms with Crippen molar-refractivity contribution in [1.82, 2.24) is 5.43 Å². The molecule has 0 saturated heterocycles. The molecule has 188 valence electrons. The number of amides is 1. The Balaban J connectivity index is 1.32. The molecule has 0 atom stereocenters. The van der Waals surface area contributed by atoms with Crippen LogP contribution in [-0.2, 0) is 6.42 Å². The summed E-state index contributed by atoms with van der Waals surface area (Å²) < 4.78 is 11.5. The molecule has 0 unspecified atom stereocenters. The van der Waals surface area contributed by atoms with E-state index in [0.29, 0.717) is 51.8 Å². The number of carbonyl (C=O) groups excluding carboxylic acids is 2. The van der Waals surface area contributed by atoms with Gasteiger partial charge in [-0.15, -0.1) is 0 Å². The maximum absolute atomic E-state index is 13.0. The number of rotatable bonds is 5. The fourth-order valence-electron chi connectivity index (χ4n) is 4.40. The molecular weight excluding hydrogens is 502 g/mol. The highest BCUT2D eigenvalue weighted by Gasteiger charge is 2.29. The Labute approximate surface area is 224 Å². The molecular formula is C30H22ClN3O4.